The van der Waals surface area contributed by atoms with Crippen LogP contribution in [-0.2, 0) is 16.1 Å². The van der Waals surface area contributed by atoms with Gasteiger partial charge in [0.2, 0.25) is 6.41 Å². The molecule has 1 aromatic rings. The number of nitrogens with one attached hydrogen (secondary N) is 1. The molecule has 0 radical (unpaired) electrons. The molecule has 0 heterocycles. The second-order valence-corrected chi connectivity index (χ2v) is 2.81. The van der Waals surface area contributed by atoms with Crippen molar-refractivity contribution in [2.24, 2.45) is 5.73 Å². The van der Waals surface area contributed by atoms with E-state index in [4.69, 9.17) is 10.5 Å². The molecule has 4 heteroatoms. The number of hydrogen-bond acceptors (Lipinski definition) is 3. The van der Waals surface area contributed by atoms with Gasteiger partial charge < -0.3 is 15.8 Å². The minimum absolute atomic E-state index is 0.269. The predicted octanol–water partition coefficient (Wildman–Crippen LogP) is 0.234. The first-order valence-electron chi connectivity index (χ1n) is 4.42. The van der Waals surface area contributed by atoms with Gasteiger partial charge in [0.05, 0.1) is 6.61 Å². The van der Waals surface area contributed by atoms with Crippen LogP contribution in [0.4, 0.5) is 0 Å². The Kier molecular flexibility index (Phi) is 4.68. The van der Waals surface area contributed by atoms with Gasteiger partial charge in [-0.05, 0) is 5.56 Å². The maximum Gasteiger partial charge on any atom is 0.209 e. The molecule has 3 N–H and O–H groups in total. The fourth-order valence-corrected chi connectivity index (χ4v) is 1.03. The van der Waals surface area contributed by atoms with Crippen molar-refractivity contribution in [2.75, 3.05) is 6.54 Å². The largest absolute Gasteiger partial charge is 0.352 e. The number of amides is 1. The van der Waals surface area contributed by atoms with Crippen LogP contribution in [0.2, 0.25) is 0 Å². The highest BCUT2D eigenvalue weighted by Gasteiger charge is 2.03. The highest BCUT2D eigenvalue weighted by molar-refractivity contribution is 5.46. The zero-order chi connectivity index (χ0) is 10.2. The van der Waals surface area contributed by atoms with Crippen LogP contribution < -0.4 is 11.1 Å². The summed E-state index contributed by atoms with van der Waals surface area (Å²) in [5, 5.41) is 2.47. The number of carbonyl (C=O) groups is 1. The number of rotatable bonds is 6. The lowest BCUT2D eigenvalue weighted by Gasteiger charge is -2.14. The Morgan fingerprint density at radius 1 is 1.43 bits per heavy atom. The average molecular weight is 194 g/mol. The van der Waals surface area contributed by atoms with Gasteiger partial charge in [-0.3, -0.25) is 4.79 Å². The van der Waals surface area contributed by atoms with Crippen LogP contribution in [0, 0.1) is 0 Å². The van der Waals surface area contributed by atoms with E-state index in [0.29, 0.717) is 13.0 Å². The Morgan fingerprint density at radius 2 is 2.14 bits per heavy atom. The molecular weight excluding hydrogens is 180 g/mol. The lowest BCUT2D eigenvalue weighted by Crippen LogP contribution is -2.37. The Bertz CT molecular complexity index is 264. The number of benzene rings is 1. The number of carbonyl (C=O) groups excluding carboxylic acids is 1. The molecule has 1 atom stereocenters. The lowest BCUT2D eigenvalue weighted by molar-refractivity contribution is -0.113. The van der Waals surface area contributed by atoms with E-state index in [1.165, 1.54) is 0 Å². The van der Waals surface area contributed by atoms with Crippen LogP contribution in [0.5, 0.6) is 0 Å². The van der Waals surface area contributed by atoms with Crippen molar-refractivity contribution in [3.63, 3.8) is 0 Å². The molecule has 0 saturated carbocycles. The predicted molar refractivity (Wildman–Crippen MR) is 53.3 cm³/mol. The highest BCUT2D eigenvalue weighted by atomic mass is 16.5. The van der Waals surface area contributed by atoms with Crippen molar-refractivity contribution in [3.05, 3.63) is 35.9 Å². The smallest absolute Gasteiger partial charge is 0.209 e. The standard InChI is InChI=1S/C10H14N2O2/c11-6-10(12-8-13)14-7-9-4-2-1-3-5-9/h1-5,8,10H,6-7,11H2,(H,12,13). The van der Waals surface area contributed by atoms with Gasteiger partial charge in [-0.1, -0.05) is 30.3 Å². The first-order valence-corrected chi connectivity index (χ1v) is 4.42. The number of nitrogens with two attached hydrogens (primary N) is 1. The lowest BCUT2D eigenvalue weighted by atomic mass is 10.2. The van der Waals surface area contributed by atoms with Crippen LogP contribution in [0.3, 0.4) is 0 Å². The molecule has 76 valence electrons. The second-order valence-electron chi connectivity index (χ2n) is 2.81. The summed E-state index contributed by atoms with van der Waals surface area (Å²) in [5.74, 6) is 0. The van der Waals surface area contributed by atoms with E-state index in [2.05, 4.69) is 5.32 Å². The fraction of sp³-hybridized carbons (Fsp3) is 0.300. The molecule has 0 aromatic heterocycles. The van der Waals surface area contributed by atoms with E-state index in [1.807, 2.05) is 30.3 Å². The van der Waals surface area contributed by atoms with Crippen LogP contribution in [0.25, 0.3) is 0 Å². The maximum atomic E-state index is 10.1. The molecule has 0 spiro atoms. The molecular formula is C10H14N2O2. The van der Waals surface area contributed by atoms with Gasteiger partial charge in [0.25, 0.3) is 0 Å². The molecule has 0 aliphatic heterocycles. The molecule has 4 nitrogen and oxygen atoms in total. The van der Waals surface area contributed by atoms with Gasteiger partial charge in [0.15, 0.2) is 0 Å². The number of hydrogen-bond donors (Lipinski definition) is 2. The van der Waals surface area contributed by atoms with Crippen molar-refractivity contribution >= 4 is 6.41 Å². The van der Waals surface area contributed by atoms with E-state index >= 15 is 0 Å². The van der Waals surface area contributed by atoms with E-state index in [-0.39, 0.29) is 6.54 Å². The summed E-state index contributed by atoms with van der Waals surface area (Å²) in [6, 6.07) is 9.71. The molecule has 1 amide bonds. The van der Waals surface area contributed by atoms with E-state index < -0.39 is 6.23 Å². The van der Waals surface area contributed by atoms with Crippen molar-refractivity contribution < 1.29 is 9.53 Å². The van der Waals surface area contributed by atoms with Crippen molar-refractivity contribution in [3.8, 4) is 0 Å². The van der Waals surface area contributed by atoms with Crippen LogP contribution in [-0.4, -0.2) is 19.2 Å². The van der Waals surface area contributed by atoms with Gasteiger partial charge >= 0.3 is 0 Å². The zero-order valence-corrected chi connectivity index (χ0v) is 7.85. The molecule has 1 rings (SSSR count). The zero-order valence-electron chi connectivity index (χ0n) is 7.85. The Balaban J connectivity index is 2.35. The molecule has 1 aromatic carbocycles. The van der Waals surface area contributed by atoms with Gasteiger partial charge in [-0.2, -0.15) is 0 Å². The summed E-state index contributed by atoms with van der Waals surface area (Å²) in [4.78, 5) is 10.1. The topological polar surface area (TPSA) is 64.3 Å². The summed E-state index contributed by atoms with van der Waals surface area (Å²) >= 11 is 0. The molecule has 1 unspecified atom stereocenters. The molecule has 0 bridgehead atoms. The van der Waals surface area contributed by atoms with Crippen LogP contribution >= 0.6 is 0 Å². The van der Waals surface area contributed by atoms with E-state index in [1.54, 1.807) is 0 Å². The fourth-order valence-electron chi connectivity index (χ4n) is 1.03. The molecule has 0 aliphatic rings. The Morgan fingerprint density at radius 3 is 2.71 bits per heavy atom. The Labute approximate surface area is 83.1 Å². The second kappa shape index (κ2) is 6.12. The minimum atomic E-state index is -0.410. The molecule has 0 aliphatic carbocycles. The highest BCUT2D eigenvalue weighted by Crippen LogP contribution is 2.01. The SMILES string of the molecule is NCC(NC=O)OCc1ccccc1. The quantitative estimate of drug-likeness (QED) is 0.503. The maximum absolute atomic E-state index is 10.1. The molecule has 0 saturated heterocycles. The molecule has 0 fully saturated rings. The minimum Gasteiger partial charge on any atom is -0.352 e. The summed E-state index contributed by atoms with van der Waals surface area (Å²) in [7, 11) is 0. The van der Waals surface area contributed by atoms with Gasteiger partial charge in [0.1, 0.15) is 6.23 Å². The van der Waals surface area contributed by atoms with Gasteiger partial charge in [0, 0.05) is 6.54 Å². The average Bonchev–Trinajstić information content (AvgIpc) is 2.25. The first-order chi connectivity index (χ1) is 6.86. The van der Waals surface area contributed by atoms with Gasteiger partial charge in [-0.25, -0.2) is 0 Å². The van der Waals surface area contributed by atoms with Crippen molar-refractivity contribution in [1.29, 1.82) is 0 Å². The third-order valence-electron chi connectivity index (χ3n) is 1.76. The normalized spacial score (nSPS) is 12.1. The first kappa shape index (κ1) is 10.7. The number of ether oxygens (including phenoxy) is 1. The van der Waals surface area contributed by atoms with E-state index in [9.17, 15) is 4.79 Å². The van der Waals surface area contributed by atoms with Gasteiger partial charge in [-0.15, -0.1) is 0 Å². The Hall–Kier alpha value is -1.39. The summed E-state index contributed by atoms with van der Waals surface area (Å²) in [5.41, 5.74) is 6.43. The van der Waals surface area contributed by atoms with Crippen molar-refractivity contribution in [2.45, 2.75) is 12.8 Å². The van der Waals surface area contributed by atoms with Crippen LogP contribution in [0.1, 0.15) is 5.56 Å². The summed E-state index contributed by atoms with van der Waals surface area (Å²) in [6.07, 6.45) is 0.176. The summed E-state index contributed by atoms with van der Waals surface area (Å²) < 4.78 is 5.35. The monoisotopic (exact) mass is 194 g/mol. The molecule has 14 heavy (non-hydrogen) atoms. The van der Waals surface area contributed by atoms with E-state index in [0.717, 1.165) is 5.56 Å². The van der Waals surface area contributed by atoms with Crippen molar-refractivity contribution in [1.82, 2.24) is 5.32 Å². The third-order valence-corrected chi connectivity index (χ3v) is 1.76. The van der Waals surface area contributed by atoms with Crippen LogP contribution in [0.15, 0.2) is 30.3 Å². The summed E-state index contributed by atoms with van der Waals surface area (Å²) in [6.45, 7) is 0.717. The third kappa shape index (κ3) is 3.55.